The second-order valence-electron chi connectivity index (χ2n) is 2.93. The van der Waals surface area contributed by atoms with E-state index < -0.39 is 0 Å². The Bertz CT molecular complexity index is 432. The first-order valence-corrected chi connectivity index (χ1v) is 4.52. The van der Waals surface area contributed by atoms with Gasteiger partial charge in [-0.15, -0.1) is 0 Å². The highest BCUT2D eigenvalue weighted by molar-refractivity contribution is 5.29. The zero-order valence-corrected chi connectivity index (χ0v) is 8.00. The molecule has 0 saturated heterocycles. The van der Waals surface area contributed by atoms with Crippen molar-refractivity contribution in [3.05, 3.63) is 48.5 Å². The SMILES string of the molecule is OCc1cc(Oc2cccnc2)ccn1. The van der Waals surface area contributed by atoms with Crippen LogP contribution in [0.5, 0.6) is 11.5 Å². The van der Waals surface area contributed by atoms with Crippen molar-refractivity contribution in [2.75, 3.05) is 0 Å². The molecule has 4 heteroatoms. The van der Waals surface area contributed by atoms with Gasteiger partial charge in [-0.2, -0.15) is 0 Å². The number of aliphatic hydroxyl groups is 1. The molecule has 0 aromatic carbocycles. The Morgan fingerprint density at radius 2 is 2.13 bits per heavy atom. The second-order valence-corrected chi connectivity index (χ2v) is 2.93. The van der Waals surface area contributed by atoms with E-state index in [0.717, 1.165) is 0 Å². The highest BCUT2D eigenvalue weighted by Crippen LogP contribution is 2.19. The Balaban J connectivity index is 2.17. The van der Waals surface area contributed by atoms with Crippen LogP contribution in [0.25, 0.3) is 0 Å². The van der Waals surface area contributed by atoms with E-state index in [1.807, 2.05) is 6.07 Å². The van der Waals surface area contributed by atoms with E-state index in [1.165, 1.54) is 0 Å². The molecule has 0 unspecified atom stereocenters. The lowest BCUT2D eigenvalue weighted by molar-refractivity contribution is 0.276. The number of hydrogen-bond acceptors (Lipinski definition) is 4. The first-order chi connectivity index (χ1) is 7.38. The van der Waals surface area contributed by atoms with Gasteiger partial charge >= 0.3 is 0 Å². The van der Waals surface area contributed by atoms with Gasteiger partial charge < -0.3 is 9.84 Å². The monoisotopic (exact) mass is 202 g/mol. The molecule has 2 aromatic rings. The van der Waals surface area contributed by atoms with Crippen molar-refractivity contribution in [1.82, 2.24) is 9.97 Å². The summed E-state index contributed by atoms with van der Waals surface area (Å²) in [4.78, 5) is 7.89. The van der Waals surface area contributed by atoms with Crippen molar-refractivity contribution in [2.45, 2.75) is 6.61 Å². The number of rotatable bonds is 3. The van der Waals surface area contributed by atoms with E-state index in [2.05, 4.69) is 9.97 Å². The molecule has 2 rings (SSSR count). The molecule has 0 aliphatic carbocycles. The summed E-state index contributed by atoms with van der Waals surface area (Å²) in [6.45, 7) is -0.0930. The molecule has 0 fully saturated rings. The summed E-state index contributed by atoms with van der Waals surface area (Å²) >= 11 is 0. The predicted octanol–water partition coefficient (Wildman–Crippen LogP) is 1.76. The molecule has 2 aromatic heterocycles. The van der Waals surface area contributed by atoms with Crippen molar-refractivity contribution in [3.63, 3.8) is 0 Å². The van der Waals surface area contributed by atoms with Crippen molar-refractivity contribution in [2.24, 2.45) is 0 Å². The lowest BCUT2D eigenvalue weighted by Crippen LogP contribution is -1.90. The molecule has 4 nitrogen and oxygen atoms in total. The summed E-state index contributed by atoms with van der Waals surface area (Å²) in [6.07, 6.45) is 4.90. The van der Waals surface area contributed by atoms with Crippen LogP contribution in [0.1, 0.15) is 5.69 Å². The van der Waals surface area contributed by atoms with Gasteiger partial charge in [-0.3, -0.25) is 9.97 Å². The Kier molecular flexibility index (Phi) is 2.90. The highest BCUT2D eigenvalue weighted by atomic mass is 16.5. The molecule has 0 radical (unpaired) electrons. The number of nitrogens with zero attached hydrogens (tertiary/aromatic N) is 2. The highest BCUT2D eigenvalue weighted by Gasteiger charge is 1.98. The van der Waals surface area contributed by atoms with E-state index >= 15 is 0 Å². The van der Waals surface area contributed by atoms with Gasteiger partial charge in [0.15, 0.2) is 0 Å². The summed E-state index contributed by atoms with van der Waals surface area (Å²) in [7, 11) is 0. The molecule has 0 atom stereocenters. The molecule has 2 heterocycles. The molecule has 76 valence electrons. The molecule has 0 saturated carbocycles. The quantitative estimate of drug-likeness (QED) is 0.823. The van der Waals surface area contributed by atoms with Crippen LogP contribution in [0, 0.1) is 0 Å². The van der Waals surface area contributed by atoms with E-state index in [9.17, 15) is 0 Å². The number of ether oxygens (including phenoxy) is 1. The van der Waals surface area contributed by atoms with Crippen LogP contribution in [-0.4, -0.2) is 15.1 Å². The lowest BCUT2D eigenvalue weighted by Gasteiger charge is -2.05. The van der Waals surface area contributed by atoms with Crippen LogP contribution in [0.15, 0.2) is 42.9 Å². The largest absolute Gasteiger partial charge is 0.456 e. The van der Waals surface area contributed by atoms with Crippen LogP contribution in [0.4, 0.5) is 0 Å². The summed E-state index contributed by atoms with van der Waals surface area (Å²) in [5.74, 6) is 1.30. The van der Waals surface area contributed by atoms with Gasteiger partial charge in [-0.25, -0.2) is 0 Å². The third kappa shape index (κ3) is 2.51. The van der Waals surface area contributed by atoms with Crippen LogP contribution in [0.3, 0.4) is 0 Å². The molecule has 0 aliphatic rings. The number of hydrogen-bond donors (Lipinski definition) is 1. The van der Waals surface area contributed by atoms with Crippen molar-refractivity contribution in [1.29, 1.82) is 0 Å². The average molecular weight is 202 g/mol. The fourth-order valence-corrected chi connectivity index (χ4v) is 1.15. The van der Waals surface area contributed by atoms with Gasteiger partial charge in [0.2, 0.25) is 0 Å². The van der Waals surface area contributed by atoms with Crippen molar-refractivity contribution < 1.29 is 9.84 Å². The first kappa shape index (κ1) is 9.61. The molecule has 15 heavy (non-hydrogen) atoms. The summed E-state index contributed by atoms with van der Waals surface area (Å²) in [5.41, 5.74) is 0.580. The zero-order chi connectivity index (χ0) is 10.5. The Hall–Kier alpha value is -1.94. The van der Waals surface area contributed by atoms with Gasteiger partial charge in [0.1, 0.15) is 11.5 Å². The van der Waals surface area contributed by atoms with Crippen molar-refractivity contribution >= 4 is 0 Å². The van der Waals surface area contributed by atoms with Crippen molar-refractivity contribution in [3.8, 4) is 11.5 Å². The fraction of sp³-hybridized carbons (Fsp3) is 0.0909. The molecule has 0 aliphatic heterocycles. The van der Waals surface area contributed by atoms with E-state index in [4.69, 9.17) is 9.84 Å². The summed E-state index contributed by atoms with van der Waals surface area (Å²) < 4.78 is 5.51. The Labute approximate surface area is 87.2 Å². The van der Waals surface area contributed by atoms with Gasteiger partial charge in [-0.05, 0) is 18.2 Å². The third-order valence-electron chi connectivity index (χ3n) is 1.82. The topological polar surface area (TPSA) is 55.2 Å². The first-order valence-electron chi connectivity index (χ1n) is 4.52. The lowest BCUT2D eigenvalue weighted by atomic mass is 10.3. The molecule has 0 amide bonds. The average Bonchev–Trinajstić information content (AvgIpc) is 2.31. The zero-order valence-electron chi connectivity index (χ0n) is 8.00. The summed E-state index contributed by atoms with van der Waals surface area (Å²) in [5, 5.41) is 8.90. The predicted molar refractivity (Wildman–Crippen MR) is 54.5 cm³/mol. The smallest absolute Gasteiger partial charge is 0.145 e. The Morgan fingerprint density at radius 1 is 1.20 bits per heavy atom. The maximum absolute atomic E-state index is 8.90. The maximum Gasteiger partial charge on any atom is 0.145 e. The van der Waals surface area contributed by atoms with Gasteiger partial charge in [0.25, 0.3) is 0 Å². The van der Waals surface area contributed by atoms with Gasteiger partial charge in [-0.1, -0.05) is 0 Å². The number of aromatic nitrogens is 2. The van der Waals surface area contributed by atoms with E-state index in [0.29, 0.717) is 17.2 Å². The van der Waals surface area contributed by atoms with Crippen LogP contribution >= 0.6 is 0 Å². The number of aliphatic hydroxyl groups excluding tert-OH is 1. The standard InChI is InChI=1S/C11H10N2O2/c14-8-9-6-10(3-5-13-9)15-11-2-1-4-12-7-11/h1-7,14H,8H2. The Morgan fingerprint density at radius 3 is 2.87 bits per heavy atom. The van der Waals surface area contributed by atoms with Crippen LogP contribution < -0.4 is 4.74 Å². The van der Waals surface area contributed by atoms with Gasteiger partial charge in [0.05, 0.1) is 18.5 Å². The van der Waals surface area contributed by atoms with Crippen LogP contribution in [-0.2, 0) is 6.61 Å². The number of pyridine rings is 2. The minimum atomic E-state index is -0.0930. The second kappa shape index (κ2) is 4.52. The summed E-state index contributed by atoms with van der Waals surface area (Å²) in [6, 6.07) is 7.02. The fourth-order valence-electron chi connectivity index (χ4n) is 1.15. The molecular weight excluding hydrogens is 192 g/mol. The van der Waals surface area contributed by atoms with Crippen LogP contribution in [0.2, 0.25) is 0 Å². The molecule has 0 bridgehead atoms. The molecule has 0 spiro atoms. The third-order valence-corrected chi connectivity index (χ3v) is 1.82. The normalized spacial score (nSPS) is 9.93. The minimum Gasteiger partial charge on any atom is -0.456 e. The molecular formula is C11H10N2O2. The molecule has 1 N–H and O–H groups in total. The van der Waals surface area contributed by atoms with E-state index in [1.54, 1.807) is 36.8 Å². The van der Waals surface area contributed by atoms with Gasteiger partial charge in [0, 0.05) is 18.5 Å². The maximum atomic E-state index is 8.90. The van der Waals surface area contributed by atoms with E-state index in [-0.39, 0.29) is 6.61 Å². The minimum absolute atomic E-state index is 0.0930.